The average molecular weight is 197 g/mol. The van der Waals surface area contributed by atoms with Gasteiger partial charge in [0, 0.05) is 6.04 Å². The molecule has 0 saturated carbocycles. The molecule has 82 valence electrons. The number of hydrogen-bond acceptors (Lipinski definition) is 2. The summed E-state index contributed by atoms with van der Waals surface area (Å²) in [5.41, 5.74) is 1.44. The molecule has 14 heavy (non-hydrogen) atoms. The minimum Gasteiger partial charge on any atom is -0.501 e. The minimum absolute atomic E-state index is 0.509. The zero-order valence-corrected chi connectivity index (χ0v) is 9.68. The van der Waals surface area contributed by atoms with Crippen molar-refractivity contribution >= 4 is 0 Å². The fourth-order valence-electron chi connectivity index (χ4n) is 1.91. The van der Waals surface area contributed by atoms with Crippen molar-refractivity contribution in [2.75, 3.05) is 13.2 Å². The zero-order chi connectivity index (χ0) is 10.4. The van der Waals surface area contributed by atoms with Crippen LogP contribution in [0.25, 0.3) is 0 Å². The average Bonchev–Trinajstić information content (AvgIpc) is 2.19. The Morgan fingerprint density at radius 2 is 2.29 bits per heavy atom. The van der Waals surface area contributed by atoms with Crippen molar-refractivity contribution in [3.05, 3.63) is 11.8 Å². The van der Waals surface area contributed by atoms with E-state index < -0.39 is 0 Å². The second-order valence-corrected chi connectivity index (χ2v) is 4.34. The Hall–Kier alpha value is -0.500. The van der Waals surface area contributed by atoms with Crippen LogP contribution < -0.4 is 5.32 Å². The molecule has 0 aliphatic carbocycles. The van der Waals surface area contributed by atoms with Gasteiger partial charge in [0.05, 0.1) is 12.9 Å². The first kappa shape index (κ1) is 11.6. The summed E-state index contributed by atoms with van der Waals surface area (Å²) < 4.78 is 5.39. The first-order valence-corrected chi connectivity index (χ1v) is 5.79. The van der Waals surface area contributed by atoms with Crippen molar-refractivity contribution < 1.29 is 4.74 Å². The molecule has 0 radical (unpaired) electrons. The van der Waals surface area contributed by atoms with Crippen molar-refractivity contribution in [3.8, 4) is 0 Å². The lowest BCUT2D eigenvalue weighted by Crippen LogP contribution is -2.36. The zero-order valence-electron chi connectivity index (χ0n) is 9.68. The molecule has 2 heteroatoms. The molecule has 0 aromatic carbocycles. The van der Waals surface area contributed by atoms with Crippen LogP contribution in [0.3, 0.4) is 0 Å². The lowest BCUT2D eigenvalue weighted by atomic mass is 9.93. The van der Waals surface area contributed by atoms with Gasteiger partial charge < -0.3 is 10.1 Å². The number of ether oxygens (including phenoxy) is 1. The second kappa shape index (κ2) is 6.07. The van der Waals surface area contributed by atoms with E-state index in [0.29, 0.717) is 12.0 Å². The van der Waals surface area contributed by atoms with Crippen LogP contribution in [0.5, 0.6) is 0 Å². The quantitative estimate of drug-likeness (QED) is 0.731. The van der Waals surface area contributed by atoms with E-state index in [4.69, 9.17) is 4.74 Å². The van der Waals surface area contributed by atoms with Crippen LogP contribution in [0.1, 0.15) is 40.0 Å². The van der Waals surface area contributed by atoms with Crippen LogP contribution in [0.4, 0.5) is 0 Å². The molecule has 1 atom stereocenters. The fraction of sp³-hybridized carbons (Fsp3) is 0.833. The summed E-state index contributed by atoms with van der Waals surface area (Å²) in [5.74, 6) is 0.648. The molecule has 1 heterocycles. The van der Waals surface area contributed by atoms with E-state index >= 15 is 0 Å². The van der Waals surface area contributed by atoms with Crippen LogP contribution in [-0.4, -0.2) is 19.2 Å². The van der Waals surface area contributed by atoms with E-state index in [1.54, 1.807) is 0 Å². The maximum atomic E-state index is 5.39. The Kier molecular flexibility index (Phi) is 5.02. The van der Waals surface area contributed by atoms with Gasteiger partial charge in [-0.05, 0) is 37.3 Å². The standard InChI is InChI=1S/C12H23NO/c1-4-7-13-12(10(2)3)11-6-5-8-14-9-11/h9-10,12-13H,4-8H2,1-3H3. The molecule has 0 aromatic rings. The topological polar surface area (TPSA) is 21.3 Å². The third-order valence-electron chi connectivity index (χ3n) is 2.64. The van der Waals surface area contributed by atoms with Gasteiger partial charge >= 0.3 is 0 Å². The van der Waals surface area contributed by atoms with E-state index in [1.165, 1.54) is 24.8 Å². The molecule has 1 aliphatic rings. The van der Waals surface area contributed by atoms with Gasteiger partial charge in [-0.25, -0.2) is 0 Å². The van der Waals surface area contributed by atoms with E-state index in [9.17, 15) is 0 Å². The first-order chi connectivity index (χ1) is 6.75. The van der Waals surface area contributed by atoms with Crippen molar-refractivity contribution in [3.63, 3.8) is 0 Å². The summed E-state index contributed by atoms with van der Waals surface area (Å²) in [5, 5.41) is 3.59. The molecule has 0 bridgehead atoms. The Morgan fingerprint density at radius 1 is 1.50 bits per heavy atom. The summed E-state index contributed by atoms with van der Waals surface area (Å²) in [6.07, 6.45) is 5.52. The maximum Gasteiger partial charge on any atom is 0.0876 e. The highest BCUT2D eigenvalue weighted by atomic mass is 16.5. The van der Waals surface area contributed by atoms with Crippen LogP contribution in [-0.2, 0) is 4.74 Å². The molecular weight excluding hydrogens is 174 g/mol. The Balaban J connectivity index is 2.52. The number of nitrogens with one attached hydrogen (secondary N) is 1. The molecule has 0 saturated heterocycles. The van der Waals surface area contributed by atoms with Crippen LogP contribution in [0.2, 0.25) is 0 Å². The van der Waals surface area contributed by atoms with E-state index in [2.05, 4.69) is 26.1 Å². The van der Waals surface area contributed by atoms with Crippen molar-refractivity contribution in [1.29, 1.82) is 0 Å². The summed E-state index contributed by atoms with van der Waals surface area (Å²) in [6.45, 7) is 8.73. The predicted octanol–water partition coefficient (Wildman–Crippen LogP) is 2.70. The van der Waals surface area contributed by atoms with Gasteiger partial charge in [0.2, 0.25) is 0 Å². The first-order valence-electron chi connectivity index (χ1n) is 5.79. The van der Waals surface area contributed by atoms with Gasteiger partial charge in [0.1, 0.15) is 0 Å². The van der Waals surface area contributed by atoms with Crippen LogP contribution in [0.15, 0.2) is 11.8 Å². The SMILES string of the molecule is CCCNC(C1=COCCC1)C(C)C. The normalized spacial score (nSPS) is 19.0. The van der Waals surface area contributed by atoms with E-state index in [-0.39, 0.29) is 0 Å². The van der Waals surface area contributed by atoms with Crippen LogP contribution in [0, 0.1) is 5.92 Å². The smallest absolute Gasteiger partial charge is 0.0876 e. The lowest BCUT2D eigenvalue weighted by molar-refractivity contribution is 0.215. The fourth-order valence-corrected chi connectivity index (χ4v) is 1.91. The third-order valence-corrected chi connectivity index (χ3v) is 2.64. The third kappa shape index (κ3) is 3.33. The molecule has 0 fully saturated rings. The Morgan fingerprint density at radius 3 is 2.79 bits per heavy atom. The summed E-state index contributed by atoms with van der Waals surface area (Å²) >= 11 is 0. The maximum absolute atomic E-state index is 5.39. The highest BCUT2D eigenvalue weighted by Crippen LogP contribution is 2.20. The monoisotopic (exact) mass is 197 g/mol. The van der Waals surface area contributed by atoms with E-state index in [0.717, 1.165) is 13.2 Å². The minimum atomic E-state index is 0.509. The molecule has 0 aromatic heterocycles. The summed E-state index contributed by atoms with van der Waals surface area (Å²) in [6, 6.07) is 0.509. The van der Waals surface area contributed by atoms with Gasteiger partial charge in [-0.1, -0.05) is 20.8 Å². The largest absolute Gasteiger partial charge is 0.501 e. The summed E-state index contributed by atoms with van der Waals surface area (Å²) in [4.78, 5) is 0. The second-order valence-electron chi connectivity index (χ2n) is 4.34. The van der Waals surface area contributed by atoms with Crippen molar-refractivity contribution in [2.45, 2.75) is 46.1 Å². The van der Waals surface area contributed by atoms with Crippen LogP contribution >= 0.6 is 0 Å². The van der Waals surface area contributed by atoms with Gasteiger partial charge in [-0.3, -0.25) is 0 Å². The molecule has 1 N–H and O–H groups in total. The van der Waals surface area contributed by atoms with Gasteiger partial charge in [-0.15, -0.1) is 0 Å². The highest BCUT2D eigenvalue weighted by Gasteiger charge is 2.19. The van der Waals surface area contributed by atoms with Gasteiger partial charge in [0.25, 0.3) is 0 Å². The Labute approximate surface area is 87.7 Å². The summed E-state index contributed by atoms with van der Waals surface area (Å²) in [7, 11) is 0. The Bertz CT molecular complexity index is 187. The van der Waals surface area contributed by atoms with Crippen molar-refractivity contribution in [1.82, 2.24) is 5.32 Å². The lowest BCUT2D eigenvalue weighted by Gasteiger charge is -2.27. The predicted molar refractivity (Wildman–Crippen MR) is 60.2 cm³/mol. The molecule has 1 unspecified atom stereocenters. The van der Waals surface area contributed by atoms with Crippen molar-refractivity contribution in [2.24, 2.45) is 5.92 Å². The number of rotatable bonds is 5. The molecule has 1 aliphatic heterocycles. The molecule has 0 spiro atoms. The molecule has 2 nitrogen and oxygen atoms in total. The highest BCUT2D eigenvalue weighted by molar-refractivity contribution is 5.10. The van der Waals surface area contributed by atoms with Gasteiger partial charge in [0.15, 0.2) is 0 Å². The number of hydrogen-bond donors (Lipinski definition) is 1. The molecule has 1 rings (SSSR count). The van der Waals surface area contributed by atoms with Gasteiger partial charge in [-0.2, -0.15) is 0 Å². The van der Waals surface area contributed by atoms with E-state index in [1.807, 2.05) is 6.26 Å². The molecule has 0 amide bonds. The molecular formula is C12H23NO.